The number of ether oxygens (including phenoxy) is 2. The number of sulfonamides is 1. The van der Waals surface area contributed by atoms with Gasteiger partial charge in [0.05, 0.1) is 24.5 Å². The van der Waals surface area contributed by atoms with Gasteiger partial charge in [0.1, 0.15) is 17.1 Å². The maximum Gasteiger partial charge on any atom is 0.270 e. The molecule has 0 radical (unpaired) electrons. The van der Waals surface area contributed by atoms with Crippen molar-refractivity contribution in [2.75, 3.05) is 13.7 Å². The fourth-order valence-electron chi connectivity index (χ4n) is 4.28. The number of rotatable bonds is 10. The van der Waals surface area contributed by atoms with Crippen molar-refractivity contribution < 1.29 is 27.5 Å². The molecule has 36 heavy (non-hydrogen) atoms. The highest BCUT2D eigenvalue weighted by Crippen LogP contribution is 2.39. The SMILES string of the molecule is CCCCOc1ccc([C@]2(C)CC(c3ccc(OC)cc3)=C(C(=O)NS(=O)(=O)C3CC3)C(=O)N2)cc1. The first kappa shape index (κ1) is 25.8. The molecule has 2 aromatic rings. The van der Waals surface area contributed by atoms with Crippen LogP contribution >= 0.6 is 0 Å². The van der Waals surface area contributed by atoms with Gasteiger partial charge in [-0.3, -0.25) is 9.59 Å². The first-order chi connectivity index (χ1) is 17.2. The summed E-state index contributed by atoms with van der Waals surface area (Å²) < 4.78 is 38.0. The number of amides is 2. The molecule has 4 rings (SSSR count). The zero-order chi connectivity index (χ0) is 25.9. The highest BCUT2D eigenvalue weighted by atomic mass is 32.2. The molecule has 1 heterocycles. The number of methoxy groups -OCH3 is 1. The van der Waals surface area contributed by atoms with Gasteiger partial charge in [-0.15, -0.1) is 0 Å². The zero-order valence-electron chi connectivity index (χ0n) is 20.8. The number of carbonyl (C=O) groups excluding carboxylic acids is 2. The number of hydrogen-bond donors (Lipinski definition) is 2. The third-order valence-corrected chi connectivity index (χ3v) is 8.39. The molecule has 0 spiro atoms. The Kier molecular flexibility index (Phi) is 7.40. The van der Waals surface area contributed by atoms with E-state index < -0.39 is 32.6 Å². The van der Waals surface area contributed by atoms with E-state index >= 15 is 0 Å². The molecule has 1 fully saturated rings. The van der Waals surface area contributed by atoms with Crippen LogP contribution in [0.25, 0.3) is 5.57 Å². The molecule has 2 aliphatic rings. The Hall–Kier alpha value is -3.33. The van der Waals surface area contributed by atoms with Gasteiger partial charge in [-0.25, -0.2) is 13.1 Å². The van der Waals surface area contributed by atoms with Crippen molar-refractivity contribution in [1.29, 1.82) is 0 Å². The van der Waals surface area contributed by atoms with Gasteiger partial charge < -0.3 is 14.8 Å². The molecule has 1 saturated carbocycles. The second kappa shape index (κ2) is 10.3. The average Bonchev–Trinajstić information content (AvgIpc) is 3.70. The standard InChI is InChI=1S/C27H32N2O6S/c1-4-5-16-35-21-12-8-19(9-13-21)27(2)17-23(18-6-10-20(34-3)11-7-18)24(25(30)28-27)26(31)29-36(32,33)22-14-15-22/h6-13,22H,4-5,14-17H2,1-3H3,(H,28,30)(H,29,31)/t27-/m0/s1. The number of carbonyl (C=O) groups is 2. The van der Waals surface area contributed by atoms with Gasteiger partial charge in [-0.05, 0) is 67.2 Å². The smallest absolute Gasteiger partial charge is 0.270 e. The Labute approximate surface area is 212 Å². The third kappa shape index (κ3) is 5.56. The highest BCUT2D eigenvalue weighted by molar-refractivity contribution is 7.91. The van der Waals surface area contributed by atoms with E-state index in [1.54, 1.807) is 31.4 Å². The number of benzene rings is 2. The fourth-order valence-corrected chi connectivity index (χ4v) is 5.57. The van der Waals surface area contributed by atoms with E-state index in [-0.39, 0.29) is 12.0 Å². The Morgan fingerprint density at radius 1 is 1.08 bits per heavy atom. The van der Waals surface area contributed by atoms with Gasteiger partial charge in [0.2, 0.25) is 10.0 Å². The first-order valence-electron chi connectivity index (χ1n) is 12.2. The van der Waals surface area contributed by atoms with Gasteiger partial charge in [0.25, 0.3) is 11.8 Å². The van der Waals surface area contributed by atoms with Gasteiger partial charge in [0, 0.05) is 6.42 Å². The minimum Gasteiger partial charge on any atom is -0.497 e. The predicted octanol–water partition coefficient (Wildman–Crippen LogP) is 3.67. The highest BCUT2D eigenvalue weighted by Gasteiger charge is 2.42. The maximum atomic E-state index is 13.4. The van der Waals surface area contributed by atoms with Crippen LogP contribution in [0.2, 0.25) is 0 Å². The van der Waals surface area contributed by atoms with Crippen LogP contribution in [0.1, 0.15) is 57.1 Å². The van der Waals surface area contributed by atoms with E-state index in [1.165, 1.54) is 0 Å². The summed E-state index contributed by atoms with van der Waals surface area (Å²) in [7, 11) is -2.27. The lowest BCUT2D eigenvalue weighted by atomic mass is 9.78. The van der Waals surface area contributed by atoms with Crippen molar-refractivity contribution in [3.05, 3.63) is 65.2 Å². The predicted molar refractivity (Wildman–Crippen MR) is 137 cm³/mol. The summed E-state index contributed by atoms with van der Waals surface area (Å²) in [6, 6.07) is 14.5. The lowest BCUT2D eigenvalue weighted by Gasteiger charge is -2.37. The molecule has 1 aliphatic carbocycles. The average molecular weight is 513 g/mol. The molecule has 0 saturated heterocycles. The van der Waals surface area contributed by atoms with Crippen molar-refractivity contribution in [3.8, 4) is 11.5 Å². The molecule has 1 atom stereocenters. The van der Waals surface area contributed by atoms with Crippen LogP contribution in [-0.4, -0.2) is 39.2 Å². The minimum atomic E-state index is -3.82. The summed E-state index contributed by atoms with van der Waals surface area (Å²) in [6.07, 6.45) is 3.31. The lowest BCUT2D eigenvalue weighted by Crippen LogP contribution is -2.50. The Bertz CT molecular complexity index is 1260. The molecule has 2 amide bonds. The number of unbranched alkanes of at least 4 members (excludes halogenated alkanes) is 1. The van der Waals surface area contributed by atoms with Gasteiger partial charge in [0.15, 0.2) is 0 Å². The van der Waals surface area contributed by atoms with Crippen LogP contribution in [0.4, 0.5) is 0 Å². The largest absolute Gasteiger partial charge is 0.497 e. The van der Waals surface area contributed by atoms with Crippen LogP contribution in [0.5, 0.6) is 11.5 Å². The second-order valence-corrected chi connectivity index (χ2v) is 11.4. The van der Waals surface area contributed by atoms with Crippen LogP contribution < -0.4 is 19.5 Å². The van der Waals surface area contributed by atoms with Crippen LogP contribution in [0, 0.1) is 0 Å². The molecular formula is C27H32N2O6S. The first-order valence-corrected chi connectivity index (χ1v) is 13.7. The molecule has 8 nitrogen and oxygen atoms in total. The van der Waals surface area contributed by atoms with Gasteiger partial charge in [-0.1, -0.05) is 37.6 Å². The minimum absolute atomic E-state index is 0.193. The van der Waals surface area contributed by atoms with Crippen molar-refractivity contribution >= 4 is 27.4 Å². The van der Waals surface area contributed by atoms with Crippen molar-refractivity contribution in [3.63, 3.8) is 0 Å². The van der Waals surface area contributed by atoms with Crippen molar-refractivity contribution in [2.45, 2.75) is 56.7 Å². The normalized spacial score (nSPS) is 20.0. The van der Waals surface area contributed by atoms with Crippen molar-refractivity contribution in [1.82, 2.24) is 10.0 Å². The number of nitrogens with one attached hydrogen (secondary N) is 2. The summed E-state index contributed by atoms with van der Waals surface area (Å²) in [5.74, 6) is -0.161. The molecule has 2 aromatic carbocycles. The molecule has 0 unspecified atom stereocenters. The summed E-state index contributed by atoms with van der Waals surface area (Å²) >= 11 is 0. The molecule has 0 aromatic heterocycles. The van der Waals surface area contributed by atoms with E-state index in [2.05, 4.69) is 17.0 Å². The third-order valence-electron chi connectivity index (χ3n) is 6.57. The van der Waals surface area contributed by atoms with Gasteiger partial charge >= 0.3 is 0 Å². The van der Waals surface area contributed by atoms with Crippen LogP contribution in [0.15, 0.2) is 54.1 Å². The Balaban J connectivity index is 1.69. The quantitative estimate of drug-likeness (QED) is 0.371. The topological polar surface area (TPSA) is 111 Å². The summed E-state index contributed by atoms with van der Waals surface area (Å²) in [5, 5.41) is 2.36. The van der Waals surface area contributed by atoms with E-state index in [1.807, 2.05) is 31.2 Å². The summed E-state index contributed by atoms with van der Waals surface area (Å²) in [6.45, 7) is 4.62. The summed E-state index contributed by atoms with van der Waals surface area (Å²) in [5.41, 5.74) is 0.935. The van der Waals surface area contributed by atoms with Crippen molar-refractivity contribution in [2.24, 2.45) is 0 Å². The monoisotopic (exact) mass is 512 g/mol. The lowest BCUT2D eigenvalue weighted by molar-refractivity contribution is -0.124. The Morgan fingerprint density at radius 3 is 2.31 bits per heavy atom. The molecule has 9 heteroatoms. The number of hydrogen-bond acceptors (Lipinski definition) is 6. The molecule has 2 N–H and O–H groups in total. The van der Waals surface area contributed by atoms with E-state index in [0.717, 1.165) is 24.2 Å². The zero-order valence-corrected chi connectivity index (χ0v) is 21.6. The Morgan fingerprint density at radius 2 is 1.72 bits per heavy atom. The summed E-state index contributed by atoms with van der Waals surface area (Å²) in [4.78, 5) is 26.5. The molecule has 1 aliphatic heterocycles. The maximum absolute atomic E-state index is 13.4. The molecule has 0 bridgehead atoms. The second-order valence-electron chi connectivity index (χ2n) is 9.45. The van der Waals surface area contributed by atoms with E-state index in [0.29, 0.717) is 36.3 Å². The fraction of sp³-hybridized carbons (Fsp3) is 0.407. The van der Waals surface area contributed by atoms with Gasteiger partial charge in [-0.2, -0.15) is 0 Å². The molecule has 192 valence electrons. The van der Waals surface area contributed by atoms with E-state index in [9.17, 15) is 18.0 Å². The van der Waals surface area contributed by atoms with E-state index in [4.69, 9.17) is 9.47 Å². The van der Waals surface area contributed by atoms with Crippen LogP contribution in [0.3, 0.4) is 0 Å². The molecular weight excluding hydrogens is 480 g/mol. The van der Waals surface area contributed by atoms with Crippen LogP contribution in [-0.2, 0) is 25.2 Å².